The van der Waals surface area contributed by atoms with Gasteiger partial charge in [-0.1, -0.05) is 41.9 Å². The monoisotopic (exact) mass is 578 g/mol. The van der Waals surface area contributed by atoms with Crippen LogP contribution in [0.15, 0.2) is 53.3 Å². The van der Waals surface area contributed by atoms with Gasteiger partial charge in [0.2, 0.25) is 5.95 Å². The number of rotatable bonds is 6. The molecule has 1 aliphatic rings. The molecule has 5 rings (SSSR count). The first kappa shape index (κ1) is 28.5. The molecule has 216 valence electrons. The zero-order chi connectivity index (χ0) is 29.3. The molecule has 0 bridgehead atoms. The number of ether oxygens (including phenoxy) is 2. The molecule has 0 saturated carbocycles. The number of nitrogens with zero attached hydrogens (tertiary/aromatic N) is 5. The fraction of sp³-hybridized carbons (Fsp3) is 0.400. The number of halogens is 1. The quantitative estimate of drug-likeness (QED) is 0.343. The van der Waals surface area contributed by atoms with Gasteiger partial charge < -0.3 is 19.7 Å². The third-order valence-electron chi connectivity index (χ3n) is 7.01. The van der Waals surface area contributed by atoms with Crippen LogP contribution in [0, 0.1) is 0 Å². The molecule has 0 spiro atoms. The summed E-state index contributed by atoms with van der Waals surface area (Å²) in [4.78, 5) is 38.3. The molecule has 1 aliphatic heterocycles. The molecule has 4 aromatic rings. The Morgan fingerprint density at radius 1 is 1.15 bits per heavy atom. The number of fused-ring (bicyclic) bond motifs is 1. The maximum atomic E-state index is 13.9. The number of piperidine rings is 1. The molecule has 11 heteroatoms. The Morgan fingerprint density at radius 3 is 2.66 bits per heavy atom. The number of imidazole rings is 1. The lowest BCUT2D eigenvalue weighted by Gasteiger charge is -2.34. The topological polar surface area (TPSA) is 104 Å². The van der Waals surface area contributed by atoms with E-state index in [1.807, 2.05) is 73.9 Å². The molecule has 0 radical (unpaired) electrons. The molecule has 0 unspecified atom stereocenters. The van der Waals surface area contributed by atoms with Crippen molar-refractivity contribution in [1.29, 1.82) is 0 Å². The molecule has 2 aromatic heterocycles. The van der Waals surface area contributed by atoms with Crippen LogP contribution >= 0.6 is 11.6 Å². The van der Waals surface area contributed by atoms with Gasteiger partial charge in [-0.15, -0.1) is 0 Å². The molecule has 10 nitrogen and oxygen atoms in total. The van der Waals surface area contributed by atoms with E-state index < -0.39 is 11.7 Å². The number of alkyl carbamates (subject to hydrolysis) is 1. The Bertz CT molecular complexity index is 1640. The van der Waals surface area contributed by atoms with Gasteiger partial charge in [0.25, 0.3) is 5.56 Å². The number of nitrogens with one attached hydrogen (secondary N) is 1. The summed E-state index contributed by atoms with van der Waals surface area (Å²) in [5.74, 6) is 1.75. The zero-order valence-corrected chi connectivity index (χ0v) is 24.7. The molecular weight excluding hydrogens is 544 g/mol. The van der Waals surface area contributed by atoms with E-state index >= 15 is 0 Å². The average Bonchev–Trinajstić information content (AvgIpc) is 3.29. The third kappa shape index (κ3) is 6.17. The molecule has 1 atom stereocenters. The number of carbonyl (C=O) groups excluding carboxylic acids is 1. The van der Waals surface area contributed by atoms with E-state index in [2.05, 4.69) is 10.2 Å². The van der Waals surface area contributed by atoms with E-state index in [0.29, 0.717) is 53.3 Å². The SMILES string of the molecule is COc1cccc(-c2nc3nc(N4CCC[C@@H](NC(=O)OC(C)(C)C)C4)n(Cc4ccccc4Cl)c3c(=O)n2C)c1. The number of benzene rings is 2. The average molecular weight is 579 g/mol. The molecule has 1 fully saturated rings. The highest BCUT2D eigenvalue weighted by molar-refractivity contribution is 6.31. The van der Waals surface area contributed by atoms with E-state index in [9.17, 15) is 9.59 Å². The van der Waals surface area contributed by atoms with Gasteiger partial charge in [-0.25, -0.2) is 9.78 Å². The van der Waals surface area contributed by atoms with Crippen LogP contribution in [-0.2, 0) is 18.3 Å². The molecule has 0 aliphatic carbocycles. The number of anilines is 1. The summed E-state index contributed by atoms with van der Waals surface area (Å²) >= 11 is 6.55. The molecule has 41 heavy (non-hydrogen) atoms. The van der Waals surface area contributed by atoms with Crippen LogP contribution in [0.25, 0.3) is 22.6 Å². The summed E-state index contributed by atoms with van der Waals surface area (Å²) in [6.07, 6.45) is 1.18. The molecule has 1 N–H and O–H groups in total. The highest BCUT2D eigenvalue weighted by atomic mass is 35.5. The van der Waals surface area contributed by atoms with Crippen LogP contribution in [0.1, 0.15) is 39.2 Å². The van der Waals surface area contributed by atoms with Crippen molar-refractivity contribution in [2.75, 3.05) is 25.1 Å². The Labute approximate surface area is 243 Å². The van der Waals surface area contributed by atoms with Crippen molar-refractivity contribution >= 4 is 34.8 Å². The van der Waals surface area contributed by atoms with Gasteiger partial charge in [-0.2, -0.15) is 4.98 Å². The largest absolute Gasteiger partial charge is 0.497 e. The van der Waals surface area contributed by atoms with Gasteiger partial charge in [0.05, 0.1) is 13.7 Å². The second-order valence-corrected chi connectivity index (χ2v) is 11.6. The Balaban J connectivity index is 1.59. The Hall–Kier alpha value is -4.05. The van der Waals surface area contributed by atoms with E-state index in [1.54, 1.807) is 14.2 Å². The van der Waals surface area contributed by atoms with E-state index in [4.69, 9.17) is 31.0 Å². The van der Waals surface area contributed by atoms with Gasteiger partial charge in [0.1, 0.15) is 17.2 Å². The van der Waals surface area contributed by atoms with Crippen LogP contribution in [0.5, 0.6) is 5.75 Å². The van der Waals surface area contributed by atoms with Gasteiger partial charge in [-0.05, 0) is 57.4 Å². The Morgan fingerprint density at radius 2 is 1.93 bits per heavy atom. The zero-order valence-electron chi connectivity index (χ0n) is 24.0. The summed E-state index contributed by atoms with van der Waals surface area (Å²) in [5, 5.41) is 3.59. The summed E-state index contributed by atoms with van der Waals surface area (Å²) in [6.45, 7) is 7.06. The fourth-order valence-electron chi connectivity index (χ4n) is 5.11. The maximum absolute atomic E-state index is 13.9. The van der Waals surface area contributed by atoms with Crippen LogP contribution < -0.4 is 20.5 Å². The summed E-state index contributed by atoms with van der Waals surface area (Å²) in [5.41, 5.74) is 1.51. The number of aromatic nitrogens is 4. The number of amides is 1. The number of methoxy groups -OCH3 is 1. The van der Waals surface area contributed by atoms with Crippen molar-refractivity contribution in [2.24, 2.45) is 7.05 Å². The smallest absolute Gasteiger partial charge is 0.407 e. The molecule has 2 aromatic carbocycles. The summed E-state index contributed by atoms with van der Waals surface area (Å²) in [6, 6.07) is 14.8. The van der Waals surface area contributed by atoms with Gasteiger partial charge in [-0.3, -0.25) is 13.9 Å². The predicted octanol–water partition coefficient (Wildman–Crippen LogP) is 5.00. The lowest BCUT2D eigenvalue weighted by molar-refractivity contribution is 0.0499. The lowest BCUT2D eigenvalue weighted by Crippen LogP contribution is -2.49. The first-order chi connectivity index (χ1) is 19.5. The van der Waals surface area contributed by atoms with E-state index in [1.165, 1.54) is 4.57 Å². The van der Waals surface area contributed by atoms with Crippen LogP contribution in [0.2, 0.25) is 5.02 Å². The minimum atomic E-state index is -0.590. The second kappa shape index (κ2) is 11.4. The second-order valence-electron chi connectivity index (χ2n) is 11.2. The third-order valence-corrected chi connectivity index (χ3v) is 7.37. The molecule has 1 amide bonds. The minimum Gasteiger partial charge on any atom is -0.497 e. The standard InChI is InChI=1S/C30H35ClN6O4/c1-30(2,3)41-29(39)32-21-12-9-15-36(18-21)28-34-25-24(37(28)17-20-10-6-7-14-23(20)31)27(38)35(4)26(33-25)19-11-8-13-22(16-19)40-5/h6-8,10-11,13-14,16,21H,9,12,15,17-18H2,1-5H3,(H,32,39)/t21-/m1/s1. The summed E-state index contributed by atoms with van der Waals surface area (Å²) < 4.78 is 14.3. The van der Waals surface area contributed by atoms with Crippen molar-refractivity contribution in [2.45, 2.75) is 51.8 Å². The van der Waals surface area contributed by atoms with Crippen molar-refractivity contribution in [3.05, 3.63) is 69.5 Å². The van der Waals surface area contributed by atoms with Crippen molar-refractivity contribution in [3.8, 4) is 17.1 Å². The van der Waals surface area contributed by atoms with Crippen molar-refractivity contribution < 1.29 is 14.3 Å². The first-order valence-corrected chi connectivity index (χ1v) is 14.0. The summed E-state index contributed by atoms with van der Waals surface area (Å²) in [7, 11) is 3.30. The number of carbonyl (C=O) groups is 1. The molecule has 1 saturated heterocycles. The van der Waals surface area contributed by atoms with Crippen molar-refractivity contribution in [3.63, 3.8) is 0 Å². The first-order valence-electron chi connectivity index (χ1n) is 13.6. The van der Waals surface area contributed by atoms with Crippen LogP contribution in [-0.4, -0.2) is 57.0 Å². The normalized spacial score (nSPS) is 15.7. The van der Waals surface area contributed by atoms with Gasteiger partial charge in [0.15, 0.2) is 11.2 Å². The minimum absolute atomic E-state index is 0.143. The molecule has 3 heterocycles. The number of hydrogen-bond acceptors (Lipinski definition) is 7. The maximum Gasteiger partial charge on any atom is 0.407 e. The van der Waals surface area contributed by atoms with Crippen LogP contribution in [0.3, 0.4) is 0 Å². The van der Waals surface area contributed by atoms with Gasteiger partial charge >= 0.3 is 6.09 Å². The Kier molecular flexibility index (Phi) is 7.95. The lowest BCUT2D eigenvalue weighted by atomic mass is 10.1. The fourth-order valence-corrected chi connectivity index (χ4v) is 5.30. The molecular formula is C30H35ClN6O4. The predicted molar refractivity (Wildman–Crippen MR) is 160 cm³/mol. The number of hydrogen-bond donors (Lipinski definition) is 1. The van der Waals surface area contributed by atoms with Crippen LogP contribution in [0.4, 0.5) is 10.7 Å². The highest BCUT2D eigenvalue weighted by Crippen LogP contribution is 2.28. The van der Waals surface area contributed by atoms with E-state index in [0.717, 1.165) is 24.0 Å². The van der Waals surface area contributed by atoms with E-state index in [-0.39, 0.29) is 11.6 Å². The van der Waals surface area contributed by atoms with Crippen molar-refractivity contribution in [1.82, 2.24) is 24.4 Å². The highest BCUT2D eigenvalue weighted by Gasteiger charge is 2.29. The van der Waals surface area contributed by atoms with Gasteiger partial charge in [0, 0.05) is 36.8 Å².